The van der Waals surface area contributed by atoms with Gasteiger partial charge in [-0.05, 0) is 75.1 Å². The number of carbonyl (C=O) groups excluding carboxylic acids is 1. The summed E-state index contributed by atoms with van der Waals surface area (Å²) in [6, 6.07) is 12.2. The van der Waals surface area contributed by atoms with Gasteiger partial charge in [0.25, 0.3) is 5.91 Å². The van der Waals surface area contributed by atoms with Crippen LogP contribution in [0.25, 0.3) is 0 Å². The molecule has 0 bridgehead atoms. The Morgan fingerprint density at radius 2 is 1.77 bits per heavy atom. The molecule has 1 unspecified atom stereocenters. The fraction of sp³-hybridized carbons (Fsp3) is 0.409. The van der Waals surface area contributed by atoms with E-state index in [1.54, 1.807) is 44.2 Å². The van der Waals surface area contributed by atoms with Crippen LogP contribution in [0.1, 0.15) is 30.9 Å². The highest BCUT2D eigenvalue weighted by Crippen LogP contribution is 2.24. The lowest BCUT2D eigenvalue weighted by Gasteiger charge is -2.32. The number of amides is 1. The van der Waals surface area contributed by atoms with E-state index in [4.69, 9.17) is 16.3 Å². The molecular weight excluding hydrogens is 424 g/mol. The Kier molecular flexibility index (Phi) is 7.06. The number of sulfonamides is 1. The molecule has 1 heterocycles. The van der Waals surface area contributed by atoms with Gasteiger partial charge in [-0.25, -0.2) is 8.42 Å². The van der Waals surface area contributed by atoms with E-state index in [1.165, 1.54) is 4.31 Å². The zero-order valence-corrected chi connectivity index (χ0v) is 19.0. The van der Waals surface area contributed by atoms with Crippen molar-refractivity contribution in [2.24, 2.45) is 0 Å². The number of nitrogens with one attached hydrogen (secondary N) is 1. The van der Waals surface area contributed by atoms with Crippen molar-refractivity contribution >= 4 is 27.5 Å². The summed E-state index contributed by atoms with van der Waals surface area (Å²) in [4.78, 5) is 12.8. The number of piperidine rings is 1. The standard InChI is InChI=1S/C22H27ClN2O4S/c1-15-4-5-16(2)21(14-15)30(27,28)25-12-10-19(11-13-25)24-22(26)17(3)29-20-8-6-18(23)7-9-20/h4-9,14,17,19H,10-13H2,1-3H3,(H,24,26). The predicted molar refractivity (Wildman–Crippen MR) is 117 cm³/mol. The molecule has 8 heteroatoms. The third-order valence-electron chi connectivity index (χ3n) is 5.26. The van der Waals surface area contributed by atoms with E-state index in [-0.39, 0.29) is 11.9 Å². The van der Waals surface area contributed by atoms with Crippen LogP contribution < -0.4 is 10.1 Å². The van der Waals surface area contributed by atoms with Crippen LogP contribution >= 0.6 is 11.6 Å². The molecule has 1 aliphatic heterocycles. The van der Waals surface area contributed by atoms with Crippen molar-refractivity contribution < 1.29 is 17.9 Å². The van der Waals surface area contributed by atoms with Crippen LogP contribution in [0.2, 0.25) is 5.02 Å². The molecule has 1 saturated heterocycles. The highest BCUT2D eigenvalue weighted by molar-refractivity contribution is 7.89. The molecule has 162 valence electrons. The van der Waals surface area contributed by atoms with Gasteiger partial charge < -0.3 is 10.1 Å². The first-order chi connectivity index (χ1) is 14.2. The van der Waals surface area contributed by atoms with Gasteiger partial charge in [0, 0.05) is 24.2 Å². The Labute approximate surface area is 183 Å². The van der Waals surface area contributed by atoms with E-state index in [1.807, 2.05) is 19.1 Å². The van der Waals surface area contributed by atoms with Gasteiger partial charge in [0.1, 0.15) is 5.75 Å². The zero-order chi connectivity index (χ0) is 21.9. The highest BCUT2D eigenvalue weighted by atomic mass is 35.5. The van der Waals surface area contributed by atoms with E-state index < -0.39 is 16.1 Å². The molecule has 0 saturated carbocycles. The van der Waals surface area contributed by atoms with Gasteiger partial charge in [0.05, 0.1) is 4.90 Å². The summed E-state index contributed by atoms with van der Waals surface area (Å²) in [5, 5.41) is 3.57. The number of halogens is 1. The maximum absolute atomic E-state index is 13.0. The maximum Gasteiger partial charge on any atom is 0.260 e. The Hall–Kier alpha value is -2.09. The van der Waals surface area contributed by atoms with E-state index in [0.717, 1.165) is 11.1 Å². The van der Waals surface area contributed by atoms with Crippen molar-refractivity contribution in [3.05, 3.63) is 58.6 Å². The first-order valence-corrected chi connectivity index (χ1v) is 11.8. The molecule has 1 aliphatic rings. The molecule has 3 rings (SSSR count). The lowest BCUT2D eigenvalue weighted by atomic mass is 10.1. The molecule has 1 N–H and O–H groups in total. The third-order valence-corrected chi connectivity index (χ3v) is 7.55. The van der Waals surface area contributed by atoms with Crippen LogP contribution in [0.15, 0.2) is 47.4 Å². The maximum atomic E-state index is 13.0. The fourth-order valence-corrected chi connectivity index (χ4v) is 5.36. The van der Waals surface area contributed by atoms with E-state index in [9.17, 15) is 13.2 Å². The normalized spacial score (nSPS) is 16.8. The Balaban J connectivity index is 1.55. The van der Waals surface area contributed by atoms with Gasteiger partial charge in [0.15, 0.2) is 6.10 Å². The summed E-state index contributed by atoms with van der Waals surface area (Å²) in [5.74, 6) is 0.345. The minimum atomic E-state index is -3.54. The number of benzene rings is 2. The van der Waals surface area contributed by atoms with E-state index in [2.05, 4.69) is 5.32 Å². The first kappa shape index (κ1) is 22.6. The number of ether oxygens (including phenoxy) is 1. The minimum absolute atomic E-state index is 0.0844. The Morgan fingerprint density at radius 3 is 2.40 bits per heavy atom. The van der Waals surface area contributed by atoms with Crippen LogP contribution in [0, 0.1) is 13.8 Å². The van der Waals surface area contributed by atoms with Crippen molar-refractivity contribution in [2.75, 3.05) is 13.1 Å². The number of nitrogens with zero attached hydrogens (tertiary/aromatic N) is 1. The summed E-state index contributed by atoms with van der Waals surface area (Å²) in [7, 11) is -3.54. The largest absolute Gasteiger partial charge is 0.481 e. The SMILES string of the molecule is Cc1ccc(C)c(S(=O)(=O)N2CCC(NC(=O)C(C)Oc3ccc(Cl)cc3)CC2)c1. The smallest absolute Gasteiger partial charge is 0.260 e. The molecule has 0 spiro atoms. The lowest BCUT2D eigenvalue weighted by Crippen LogP contribution is -2.49. The quantitative estimate of drug-likeness (QED) is 0.728. The molecule has 1 atom stereocenters. The van der Waals surface area contributed by atoms with Crippen LogP contribution in [0.5, 0.6) is 5.75 Å². The van der Waals surface area contributed by atoms with E-state index >= 15 is 0 Å². The number of hydrogen-bond acceptors (Lipinski definition) is 4. The van der Waals surface area contributed by atoms with Crippen molar-refractivity contribution in [3.8, 4) is 5.75 Å². The number of aryl methyl sites for hydroxylation is 2. The zero-order valence-electron chi connectivity index (χ0n) is 17.4. The van der Waals surface area contributed by atoms with Crippen molar-refractivity contribution in [3.63, 3.8) is 0 Å². The minimum Gasteiger partial charge on any atom is -0.481 e. The molecule has 1 fully saturated rings. The fourth-order valence-electron chi connectivity index (χ4n) is 3.45. The van der Waals surface area contributed by atoms with E-state index in [0.29, 0.717) is 41.6 Å². The Morgan fingerprint density at radius 1 is 1.13 bits per heavy atom. The van der Waals surface area contributed by atoms with Crippen LogP contribution in [0.4, 0.5) is 0 Å². The molecule has 0 aromatic heterocycles. The number of rotatable bonds is 6. The number of hydrogen-bond donors (Lipinski definition) is 1. The van der Waals surface area contributed by atoms with Crippen LogP contribution in [0.3, 0.4) is 0 Å². The molecule has 1 amide bonds. The Bertz CT molecular complexity index is 1000. The first-order valence-electron chi connectivity index (χ1n) is 9.97. The second-order valence-electron chi connectivity index (χ2n) is 7.67. The highest BCUT2D eigenvalue weighted by Gasteiger charge is 2.31. The van der Waals surface area contributed by atoms with Crippen molar-refractivity contribution in [1.29, 1.82) is 0 Å². The van der Waals surface area contributed by atoms with Crippen LogP contribution in [-0.4, -0.2) is 43.9 Å². The molecule has 0 aliphatic carbocycles. The molecule has 6 nitrogen and oxygen atoms in total. The van der Waals surface area contributed by atoms with Crippen LogP contribution in [-0.2, 0) is 14.8 Å². The lowest BCUT2D eigenvalue weighted by molar-refractivity contribution is -0.128. The van der Waals surface area contributed by atoms with Crippen molar-refractivity contribution in [1.82, 2.24) is 9.62 Å². The summed E-state index contributed by atoms with van der Waals surface area (Å²) < 4.78 is 33.2. The molecule has 2 aromatic carbocycles. The predicted octanol–water partition coefficient (Wildman–Crippen LogP) is 3.69. The third kappa shape index (κ3) is 5.33. The van der Waals surface area contributed by atoms with Gasteiger partial charge in [0.2, 0.25) is 10.0 Å². The second-order valence-corrected chi connectivity index (χ2v) is 10.0. The number of carbonyl (C=O) groups is 1. The summed E-state index contributed by atoms with van der Waals surface area (Å²) in [5.41, 5.74) is 1.65. The van der Waals surface area contributed by atoms with Gasteiger partial charge in [-0.2, -0.15) is 4.31 Å². The summed E-state index contributed by atoms with van der Waals surface area (Å²) >= 11 is 5.86. The molecule has 30 heavy (non-hydrogen) atoms. The van der Waals surface area contributed by atoms with Gasteiger partial charge in [-0.3, -0.25) is 4.79 Å². The molecule has 0 radical (unpaired) electrons. The topological polar surface area (TPSA) is 75.7 Å². The van der Waals surface area contributed by atoms with Gasteiger partial charge in [-0.15, -0.1) is 0 Å². The summed E-state index contributed by atoms with van der Waals surface area (Å²) in [6.45, 7) is 6.11. The second kappa shape index (κ2) is 9.37. The average Bonchev–Trinajstić information content (AvgIpc) is 2.71. The van der Waals surface area contributed by atoms with Gasteiger partial charge in [-0.1, -0.05) is 23.7 Å². The molecule has 2 aromatic rings. The molecular formula is C22H27ClN2O4S. The van der Waals surface area contributed by atoms with Gasteiger partial charge >= 0.3 is 0 Å². The average molecular weight is 451 g/mol. The monoisotopic (exact) mass is 450 g/mol. The summed E-state index contributed by atoms with van der Waals surface area (Å²) in [6.07, 6.45) is 0.454. The van der Waals surface area contributed by atoms with Crippen molar-refractivity contribution in [2.45, 2.75) is 50.7 Å².